The topological polar surface area (TPSA) is 53.0 Å². The molecule has 1 amide bonds. The Hall–Kier alpha value is -1.80. The molecule has 1 aromatic carbocycles. The molecule has 0 bridgehead atoms. The van der Waals surface area contributed by atoms with Crippen LogP contribution in [-0.4, -0.2) is 65.4 Å². The fraction of sp³-hybridized carbons (Fsp3) is 0.667. The number of piperidine rings is 1. The van der Waals surface area contributed by atoms with Gasteiger partial charge in [0.1, 0.15) is 5.60 Å². The van der Waals surface area contributed by atoms with E-state index in [0.717, 1.165) is 12.1 Å². The number of alkyl halides is 3. The van der Waals surface area contributed by atoms with Crippen LogP contribution in [-0.2, 0) is 17.3 Å². The Balaban J connectivity index is 2.20. The molecular weight excluding hydrogens is 385 g/mol. The second-order valence-corrected chi connectivity index (χ2v) is 8.90. The number of carbonyl (C=O) groups excluding carboxylic acids is 1. The van der Waals surface area contributed by atoms with Crippen LogP contribution in [0.25, 0.3) is 0 Å². The van der Waals surface area contributed by atoms with Crippen molar-refractivity contribution in [3.05, 3.63) is 35.4 Å². The SMILES string of the molecule is CN(C)C1(CCc2cccc(C(F)(F)F)c2)CN(C(=O)OC(C)(C)C)CCC1O. The maximum atomic E-state index is 13.0. The van der Waals surface area contributed by atoms with Crippen molar-refractivity contribution in [3.8, 4) is 0 Å². The van der Waals surface area contributed by atoms with Gasteiger partial charge in [0.2, 0.25) is 0 Å². The van der Waals surface area contributed by atoms with Crippen LogP contribution < -0.4 is 0 Å². The number of aryl methyl sites for hydroxylation is 1. The summed E-state index contributed by atoms with van der Waals surface area (Å²) in [5.41, 5.74) is -1.55. The average molecular weight is 416 g/mol. The van der Waals surface area contributed by atoms with Crippen LogP contribution in [0.5, 0.6) is 0 Å². The van der Waals surface area contributed by atoms with E-state index in [1.54, 1.807) is 31.7 Å². The van der Waals surface area contributed by atoms with E-state index in [0.29, 0.717) is 31.4 Å². The van der Waals surface area contributed by atoms with Gasteiger partial charge in [-0.05, 0) is 65.8 Å². The Morgan fingerprint density at radius 1 is 1.31 bits per heavy atom. The van der Waals surface area contributed by atoms with Gasteiger partial charge in [-0.25, -0.2) is 4.79 Å². The molecule has 1 heterocycles. The molecule has 29 heavy (non-hydrogen) atoms. The molecule has 0 saturated carbocycles. The first-order valence-electron chi connectivity index (χ1n) is 9.74. The molecule has 0 radical (unpaired) electrons. The Morgan fingerprint density at radius 2 is 1.97 bits per heavy atom. The minimum Gasteiger partial charge on any atom is -0.444 e. The molecule has 2 atom stereocenters. The first-order chi connectivity index (χ1) is 13.2. The van der Waals surface area contributed by atoms with Crippen molar-refractivity contribution in [2.45, 2.75) is 63.5 Å². The number of hydrogen-bond acceptors (Lipinski definition) is 4. The van der Waals surface area contributed by atoms with Crippen LogP contribution in [0.15, 0.2) is 24.3 Å². The number of carbonyl (C=O) groups is 1. The van der Waals surface area contributed by atoms with Crippen LogP contribution in [0.1, 0.15) is 44.7 Å². The lowest BCUT2D eigenvalue weighted by Gasteiger charge is -2.50. The molecule has 1 saturated heterocycles. The van der Waals surface area contributed by atoms with Gasteiger partial charge < -0.3 is 14.7 Å². The highest BCUT2D eigenvalue weighted by Crippen LogP contribution is 2.33. The molecule has 2 rings (SSSR count). The lowest BCUT2D eigenvalue weighted by molar-refractivity contribution is -0.137. The van der Waals surface area contributed by atoms with E-state index in [2.05, 4.69) is 0 Å². The number of hydrogen-bond donors (Lipinski definition) is 1. The van der Waals surface area contributed by atoms with Crippen molar-refractivity contribution in [3.63, 3.8) is 0 Å². The van der Waals surface area contributed by atoms with Gasteiger partial charge >= 0.3 is 12.3 Å². The highest BCUT2D eigenvalue weighted by Gasteiger charge is 2.46. The summed E-state index contributed by atoms with van der Waals surface area (Å²) in [4.78, 5) is 16.0. The maximum absolute atomic E-state index is 13.0. The van der Waals surface area contributed by atoms with Crippen molar-refractivity contribution in [2.24, 2.45) is 0 Å². The van der Waals surface area contributed by atoms with Gasteiger partial charge in [-0.15, -0.1) is 0 Å². The van der Waals surface area contributed by atoms with Crippen LogP contribution in [0.4, 0.5) is 18.0 Å². The molecule has 1 fully saturated rings. The van der Waals surface area contributed by atoms with Crippen molar-refractivity contribution in [1.82, 2.24) is 9.80 Å². The molecule has 8 heteroatoms. The highest BCUT2D eigenvalue weighted by atomic mass is 19.4. The summed E-state index contributed by atoms with van der Waals surface area (Å²) in [6.07, 6.45) is -4.42. The largest absolute Gasteiger partial charge is 0.444 e. The molecule has 2 unspecified atom stereocenters. The zero-order valence-electron chi connectivity index (χ0n) is 17.7. The second-order valence-electron chi connectivity index (χ2n) is 8.90. The molecule has 0 aromatic heterocycles. The third-order valence-electron chi connectivity index (χ3n) is 5.40. The van der Waals surface area contributed by atoms with Gasteiger partial charge in [0.15, 0.2) is 0 Å². The van der Waals surface area contributed by atoms with E-state index >= 15 is 0 Å². The molecule has 1 N–H and O–H groups in total. The van der Waals surface area contributed by atoms with Crippen molar-refractivity contribution < 1.29 is 27.8 Å². The van der Waals surface area contributed by atoms with Crippen molar-refractivity contribution in [2.75, 3.05) is 27.2 Å². The predicted molar refractivity (Wildman–Crippen MR) is 105 cm³/mol. The van der Waals surface area contributed by atoms with Gasteiger partial charge in [-0.2, -0.15) is 13.2 Å². The Morgan fingerprint density at radius 3 is 2.52 bits per heavy atom. The average Bonchev–Trinajstić information content (AvgIpc) is 2.59. The lowest BCUT2D eigenvalue weighted by Crippen LogP contribution is -2.65. The summed E-state index contributed by atoms with van der Waals surface area (Å²) in [5, 5.41) is 10.8. The summed E-state index contributed by atoms with van der Waals surface area (Å²) in [6, 6.07) is 5.24. The Kier molecular flexibility index (Phi) is 6.89. The number of likely N-dealkylation sites (N-methyl/N-ethyl adjacent to an activating group) is 1. The van der Waals surface area contributed by atoms with Gasteiger partial charge in [-0.3, -0.25) is 4.90 Å². The van der Waals surface area contributed by atoms with Crippen LogP contribution in [0, 0.1) is 0 Å². The predicted octanol–water partition coefficient (Wildman–Crippen LogP) is 3.94. The van der Waals surface area contributed by atoms with Crippen LogP contribution in [0.2, 0.25) is 0 Å². The zero-order chi connectivity index (χ0) is 22.0. The lowest BCUT2D eigenvalue weighted by atomic mass is 9.80. The molecule has 1 aliphatic rings. The van der Waals surface area contributed by atoms with E-state index in [-0.39, 0.29) is 6.54 Å². The zero-order valence-corrected chi connectivity index (χ0v) is 17.7. The minimum atomic E-state index is -4.40. The van der Waals surface area contributed by atoms with Crippen LogP contribution in [0.3, 0.4) is 0 Å². The maximum Gasteiger partial charge on any atom is 0.416 e. The fourth-order valence-corrected chi connectivity index (χ4v) is 3.72. The third-order valence-corrected chi connectivity index (χ3v) is 5.40. The normalized spacial score (nSPS) is 23.4. The molecule has 164 valence electrons. The Labute approximate surface area is 170 Å². The molecular formula is C21H31F3N2O3. The molecule has 0 spiro atoms. The van der Waals surface area contributed by atoms with Gasteiger partial charge in [0, 0.05) is 13.1 Å². The molecule has 0 aliphatic carbocycles. The molecule has 1 aliphatic heterocycles. The summed E-state index contributed by atoms with van der Waals surface area (Å²) < 4.78 is 44.5. The van der Waals surface area contributed by atoms with Crippen molar-refractivity contribution in [1.29, 1.82) is 0 Å². The monoisotopic (exact) mass is 416 g/mol. The summed E-state index contributed by atoms with van der Waals surface area (Å²) in [6.45, 7) is 5.98. The summed E-state index contributed by atoms with van der Waals surface area (Å²) in [7, 11) is 3.63. The fourth-order valence-electron chi connectivity index (χ4n) is 3.72. The third kappa shape index (κ3) is 5.85. The van der Waals surface area contributed by atoms with E-state index in [1.165, 1.54) is 6.07 Å². The van der Waals surface area contributed by atoms with E-state index < -0.39 is 35.1 Å². The molecule has 5 nitrogen and oxygen atoms in total. The quantitative estimate of drug-likeness (QED) is 0.808. The van der Waals surface area contributed by atoms with Crippen molar-refractivity contribution >= 4 is 6.09 Å². The number of ether oxygens (including phenoxy) is 1. The van der Waals surface area contributed by atoms with E-state index in [9.17, 15) is 23.1 Å². The Bertz CT molecular complexity index is 716. The number of amides is 1. The number of aliphatic hydroxyl groups is 1. The number of halogens is 3. The first-order valence-corrected chi connectivity index (χ1v) is 9.74. The van der Waals surface area contributed by atoms with Crippen LogP contribution >= 0.6 is 0 Å². The van der Waals surface area contributed by atoms with Gasteiger partial charge in [0.05, 0.1) is 17.2 Å². The van der Waals surface area contributed by atoms with E-state index in [1.807, 2.05) is 19.0 Å². The summed E-state index contributed by atoms with van der Waals surface area (Å²) >= 11 is 0. The minimum absolute atomic E-state index is 0.245. The number of aliphatic hydroxyl groups excluding tert-OH is 1. The number of benzene rings is 1. The number of rotatable bonds is 4. The smallest absolute Gasteiger partial charge is 0.416 e. The van der Waals surface area contributed by atoms with Gasteiger partial charge in [0.25, 0.3) is 0 Å². The number of nitrogens with zero attached hydrogens (tertiary/aromatic N) is 2. The van der Waals surface area contributed by atoms with Gasteiger partial charge in [-0.1, -0.05) is 18.2 Å². The number of likely N-dealkylation sites (tertiary alicyclic amines) is 1. The highest BCUT2D eigenvalue weighted by molar-refractivity contribution is 5.68. The standard InChI is InChI=1S/C21H31F3N2O3/c1-19(2,3)29-18(28)26-12-10-17(27)20(14-26,25(4)5)11-9-15-7-6-8-16(13-15)21(22,23)24/h6-8,13,17,27H,9-12,14H2,1-5H3. The summed E-state index contributed by atoms with van der Waals surface area (Å²) in [5.74, 6) is 0. The molecule has 1 aromatic rings. The van der Waals surface area contributed by atoms with E-state index in [4.69, 9.17) is 4.74 Å². The first kappa shape index (κ1) is 23.5. The second kappa shape index (κ2) is 8.52.